The minimum absolute atomic E-state index is 0.232. The van der Waals surface area contributed by atoms with Crippen LogP contribution in [0.2, 0.25) is 0 Å². The van der Waals surface area contributed by atoms with Crippen LogP contribution in [0, 0.1) is 6.92 Å². The lowest BCUT2D eigenvalue weighted by Gasteiger charge is -2.11. The van der Waals surface area contributed by atoms with Gasteiger partial charge in [0.25, 0.3) is 10.0 Å². The zero-order chi connectivity index (χ0) is 15.1. The van der Waals surface area contributed by atoms with Crippen LogP contribution in [0.5, 0.6) is 0 Å². The number of nitrogen functional groups attached to an aromatic ring is 1. The van der Waals surface area contributed by atoms with E-state index in [1.807, 2.05) is 6.92 Å². The lowest BCUT2D eigenvalue weighted by Crippen LogP contribution is -2.13. The molecule has 3 N–H and O–H groups in total. The Morgan fingerprint density at radius 1 is 1.20 bits per heavy atom. The molecule has 0 bridgehead atoms. The Kier molecular flexibility index (Phi) is 4.85. The third-order valence-electron chi connectivity index (χ3n) is 2.42. The smallest absolute Gasteiger partial charge is 0.271 e. The van der Waals surface area contributed by atoms with Crippen molar-refractivity contribution in [3.8, 4) is 0 Å². The van der Waals surface area contributed by atoms with Gasteiger partial charge in [-0.2, -0.15) is 0 Å². The number of aryl methyl sites for hydroxylation is 1. The van der Waals surface area contributed by atoms with Gasteiger partial charge in [-0.1, -0.05) is 15.9 Å². The van der Waals surface area contributed by atoms with Gasteiger partial charge in [0, 0.05) is 8.95 Å². The summed E-state index contributed by atoms with van der Waals surface area (Å²) < 4.78 is 29.6. The monoisotopic (exact) mass is 502 g/mol. The van der Waals surface area contributed by atoms with Crippen LogP contribution < -0.4 is 10.5 Å². The molecule has 0 saturated carbocycles. The summed E-state index contributed by atoms with van der Waals surface area (Å²) in [7, 11) is -3.66. The van der Waals surface area contributed by atoms with Gasteiger partial charge in [0.05, 0.1) is 15.2 Å². The molecule has 108 valence electrons. The SMILES string of the molecule is Cc1cc(S(=O)(=O)Nc2c(N)cc(Br)cc2Br)sc1Br. The average Bonchev–Trinajstić information content (AvgIpc) is 2.65. The van der Waals surface area contributed by atoms with Crippen molar-refractivity contribution >= 4 is 80.5 Å². The zero-order valence-electron chi connectivity index (χ0n) is 10.1. The summed E-state index contributed by atoms with van der Waals surface area (Å²) >= 11 is 11.1. The zero-order valence-corrected chi connectivity index (χ0v) is 16.5. The van der Waals surface area contributed by atoms with Crippen molar-refractivity contribution < 1.29 is 8.42 Å². The number of nitrogens with one attached hydrogen (secondary N) is 1. The second kappa shape index (κ2) is 5.96. The van der Waals surface area contributed by atoms with E-state index in [1.165, 1.54) is 0 Å². The second-order valence-corrected chi connectivity index (χ2v) is 10.0. The van der Waals surface area contributed by atoms with E-state index in [0.717, 1.165) is 25.2 Å². The Balaban J connectivity index is 2.43. The molecule has 0 atom stereocenters. The predicted molar refractivity (Wildman–Crippen MR) is 93.8 cm³/mol. The van der Waals surface area contributed by atoms with E-state index in [0.29, 0.717) is 15.8 Å². The van der Waals surface area contributed by atoms with Gasteiger partial charge in [0.15, 0.2) is 0 Å². The van der Waals surface area contributed by atoms with E-state index in [1.54, 1.807) is 18.2 Å². The highest BCUT2D eigenvalue weighted by Crippen LogP contribution is 2.36. The van der Waals surface area contributed by atoms with Crippen LogP contribution in [-0.2, 0) is 10.0 Å². The summed E-state index contributed by atoms with van der Waals surface area (Å²) in [5, 5.41) is 0. The molecule has 0 aliphatic rings. The molecule has 4 nitrogen and oxygen atoms in total. The van der Waals surface area contributed by atoms with Crippen LogP contribution in [0.15, 0.2) is 35.1 Å². The van der Waals surface area contributed by atoms with Crippen molar-refractivity contribution in [1.29, 1.82) is 0 Å². The summed E-state index contributed by atoms with van der Waals surface area (Å²) in [6, 6.07) is 4.97. The minimum atomic E-state index is -3.66. The van der Waals surface area contributed by atoms with Crippen molar-refractivity contribution in [2.75, 3.05) is 10.5 Å². The Morgan fingerprint density at radius 2 is 1.85 bits per heavy atom. The molecule has 1 aromatic carbocycles. The fourth-order valence-corrected chi connectivity index (χ4v) is 6.27. The summed E-state index contributed by atoms with van der Waals surface area (Å²) in [5.74, 6) is 0. The molecule has 0 saturated heterocycles. The largest absolute Gasteiger partial charge is 0.397 e. The number of sulfonamides is 1. The van der Waals surface area contributed by atoms with Gasteiger partial charge in [0.1, 0.15) is 4.21 Å². The van der Waals surface area contributed by atoms with Crippen LogP contribution in [-0.4, -0.2) is 8.42 Å². The van der Waals surface area contributed by atoms with Crippen LogP contribution in [0.3, 0.4) is 0 Å². The maximum absolute atomic E-state index is 12.3. The molecular formula is C11H9Br3N2O2S2. The molecule has 9 heteroatoms. The van der Waals surface area contributed by atoms with Gasteiger partial charge < -0.3 is 5.73 Å². The van der Waals surface area contributed by atoms with Gasteiger partial charge in [-0.15, -0.1) is 11.3 Å². The molecule has 0 unspecified atom stereocenters. The Bertz CT molecular complexity index is 729. The fourth-order valence-electron chi connectivity index (χ4n) is 1.45. The first kappa shape index (κ1) is 16.3. The van der Waals surface area contributed by atoms with Crippen molar-refractivity contribution in [2.24, 2.45) is 0 Å². The van der Waals surface area contributed by atoms with Crippen LogP contribution in [0.4, 0.5) is 11.4 Å². The predicted octanol–water partition coefficient (Wildman–Crippen LogP) is 4.73. The highest BCUT2D eigenvalue weighted by Gasteiger charge is 2.21. The minimum Gasteiger partial charge on any atom is -0.397 e. The van der Waals surface area contributed by atoms with Crippen molar-refractivity contribution in [3.05, 3.63) is 36.5 Å². The number of benzene rings is 1. The van der Waals surface area contributed by atoms with Crippen molar-refractivity contribution in [1.82, 2.24) is 0 Å². The molecule has 0 spiro atoms. The topological polar surface area (TPSA) is 72.2 Å². The van der Waals surface area contributed by atoms with E-state index >= 15 is 0 Å². The standard InChI is InChI=1S/C11H9Br3N2O2S2/c1-5-2-9(19-11(5)14)20(17,18)16-10-7(13)3-6(12)4-8(10)15/h2-4,16H,15H2,1H3. The van der Waals surface area contributed by atoms with E-state index in [4.69, 9.17) is 5.73 Å². The molecule has 2 rings (SSSR count). The summed E-state index contributed by atoms with van der Waals surface area (Å²) in [6.07, 6.45) is 0. The van der Waals surface area contributed by atoms with Gasteiger partial charge in [-0.25, -0.2) is 8.42 Å². The maximum Gasteiger partial charge on any atom is 0.271 e. The highest BCUT2D eigenvalue weighted by atomic mass is 79.9. The second-order valence-electron chi connectivity index (χ2n) is 3.98. The average molecular weight is 505 g/mol. The molecule has 2 aromatic rings. The lowest BCUT2D eigenvalue weighted by atomic mass is 10.3. The van der Waals surface area contributed by atoms with Crippen molar-refractivity contribution in [2.45, 2.75) is 11.1 Å². The van der Waals surface area contributed by atoms with E-state index in [2.05, 4.69) is 52.5 Å². The molecule has 20 heavy (non-hydrogen) atoms. The first-order valence-electron chi connectivity index (χ1n) is 5.24. The number of nitrogens with two attached hydrogens (primary N) is 1. The number of rotatable bonds is 3. The number of halogens is 3. The fraction of sp³-hybridized carbons (Fsp3) is 0.0909. The molecule has 0 aliphatic heterocycles. The van der Waals surface area contributed by atoms with Gasteiger partial charge in [-0.05, 0) is 62.5 Å². The molecule has 0 fully saturated rings. The third-order valence-corrected chi connectivity index (χ3v) is 7.46. The molecular weight excluding hydrogens is 496 g/mol. The van der Waals surface area contributed by atoms with E-state index < -0.39 is 10.0 Å². The van der Waals surface area contributed by atoms with Crippen LogP contribution in [0.1, 0.15) is 5.56 Å². The molecule has 1 heterocycles. The molecule has 1 aromatic heterocycles. The van der Waals surface area contributed by atoms with Crippen LogP contribution >= 0.6 is 59.1 Å². The normalized spacial score (nSPS) is 11.6. The number of hydrogen-bond donors (Lipinski definition) is 2. The quantitative estimate of drug-likeness (QED) is 0.594. The Labute approximate surface area is 146 Å². The van der Waals surface area contributed by atoms with Gasteiger partial charge in [0.2, 0.25) is 0 Å². The van der Waals surface area contributed by atoms with Crippen molar-refractivity contribution in [3.63, 3.8) is 0 Å². The Hall–Kier alpha value is -0.0900. The molecule has 0 amide bonds. The maximum atomic E-state index is 12.3. The Morgan fingerprint density at radius 3 is 2.35 bits per heavy atom. The summed E-state index contributed by atoms with van der Waals surface area (Å²) in [6.45, 7) is 1.84. The summed E-state index contributed by atoms with van der Waals surface area (Å²) in [4.78, 5) is 0. The first-order valence-corrected chi connectivity index (χ1v) is 9.92. The van der Waals surface area contributed by atoms with E-state index in [-0.39, 0.29) is 4.21 Å². The first-order chi connectivity index (χ1) is 9.20. The molecule has 0 aliphatic carbocycles. The van der Waals surface area contributed by atoms with Crippen LogP contribution in [0.25, 0.3) is 0 Å². The highest BCUT2D eigenvalue weighted by molar-refractivity contribution is 9.11. The van der Waals surface area contributed by atoms with Gasteiger partial charge >= 0.3 is 0 Å². The molecule has 0 radical (unpaired) electrons. The van der Waals surface area contributed by atoms with Gasteiger partial charge in [-0.3, -0.25) is 4.72 Å². The number of anilines is 2. The third kappa shape index (κ3) is 3.38. The number of thiophene rings is 1. The van der Waals surface area contributed by atoms with E-state index in [9.17, 15) is 8.42 Å². The number of hydrogen-bond acceptors (Lipinski definition) is 4. The lowest BCUT2D eigenvalue weighted by molar-refractivity contribution is 0.603. The summed E-state index contributed by atoms with van der Waals surface area (Å²) in [5.41, 5.74) is 7.39.